The van der Waals surface area contributed by atoms with Crippen LogP contribution < -0.4 is 5.32 Å². The van der Waals surface area contributed by atoms with Crippen LogP contribution in [0.25, 0.3) is 0 Å². The second-order valence-electron chi connectivity index (χ2n) is 6.05. The third kappa shape index (κ3) is 4.53. The quantitative estimate of drug-likeness (QED) is 0.630. The van der Waals surface area contributed by atoms with Gasteiger partial charge in [-0.15, -0.1) is 0 Å². The lowest BCUT2D eigenvalue weighted by molar-refractivity contribution is -0.116. The first-order chi connectivity index (χ1) is 12.4. The van der Waals surface area contributed by atoms with E-state index in [1.165, 1.54) is 0 Å². The molecule has 3 rings (SSSR count). The van der Waals surface area contributed by atoms with Gasteiger partial charge in [-0.1, -0.05) is 23.7 Å². The van der Waals surface area contributed by atoms with Crippen LogP contribution in [0.3, 0.4) is 0 Å². The molecule has 0 aliphatic rings. The maximum absolute atomic E-state index is 12.2. The summed E-state index contributed by atoms with van der Waals surface area (Å²) in [5, 5.41) is 12.2. The molecular formula is C18H19BrClN5O. The van der Waals surface area contributed by atoms with Crippen molar-refractivity contribution in [2.24, 2.45) is 0 Å². The van der Waals surface area contributed by atoms with Crippen LogP contribution in [0.2, 0.25) is 5.02 Å². The van der Waals surface area contributed by atoms with Gasteiger partial charge in [0.05, 0.1) is 23.8 Å². The Morgan fingerprint density at radius 1 is 1.23 bits per heavy atom. The van der Waals surface area contributed by atoms with Crippen molar-refractivity contribution in [2.45, 2.75) is 33.4 Å². The summed E-state index contributed by atoms with van der Waals surface area (Å²) < 4.78 is 4.59. The highest BCUT2D eigenvalue weighted by Gasteiger charge is 2.10. The minimum absolute atomic E-state index is 0.0906. The molecule has 1 amide bonds. The highest BCUT2D eigenvalue weighted by Crippen LogP contribution is 2.16. The van der Waals surface area contributed by atoms with Gasteiger partial charge in [-0.25, -0.2) is 0 Å². The van der Waals surface area contributed by atoms with Crippen LogP contribution in [0.4, 0.5) is 5.82 Å². The summed E-state index contributed by atoms with van der Waals surface area (Å²) in [6.07, 6.45) is 2.06. The maximum atomic E-state index is 12.2. The Morgan fingerprint density at radius 3 is 2.62 bits per heavy atom. The minimum atomic E-state index is -0.0906. The van der Waals surface area contributed by atoms with E-state index >= 15 is 0 Å². The third-order valence-corrected chi connectivity index (χ3v) is 5.12. The molecule has 0 fully saturated rings. The average Bonchev–Trinajstić information content (AvgIpc) is 3.11. The Balaban J connectivity index is 1.58. The number of nitrogens with one attached hydrogen (secondary N) is 1. The first-order valence-corrected chi connectivity index (χ1v) is 9.36. The smallest absolute Gasteiger partial charge is 0.227 e. The predicted molar refractivity (Wildman–Crippen MR) is 105 cm³/mol. The lowest BCUT2D eigenvalue weighted by Gasteiger charge is -2.06. The molecule has 0 aliphatic heterocycles. The lowest BCUT2D eigenvalue weighted by atomic mass is 10.2. The average molecular weight is 437 g/mol. The summed E-state index contributed by atoms with van der Waals surface area (Å²) in [6.45, 7) is 5.06. The fourth-order valence-electron chi connectivity index (χ4n) is 2.56. The first kappa shape index (κ1) is 18.7. The van der Waals surface area contributed by atoms with Crippen molar-refractivity contribution in [1.29, 1.82) is 0 Å². The molecule has 1 N–H and O–H groups in total. The molecule has 1 aromatic carbocycles. The molecule has 8 heteroatoms. The number of amides is 1. The van der Waals surface area contributed by atoms with Gasteiger partial charge in [0.2, 0.25) is 5.91 Å². The molecule has 26 heavy (non-hydrogen) atoms. The number of hydrogen-bond acceptors (Lipinski definition) is 3. The van der Waals surface area contributed by atoms with E-state index in [0.717, 1.165) is 21.4 Å². The predicted octanol–water partition coefficient (Wildman–Crippen LogP) is 4.19. The van der Waals surface area contributed by atoms with Crippen LogP contribution in [0.1, 0.15) is 23.4 Å². The Morgan fingerprint density at radius 2 is 1.96 bits per heavy atom. The first-order valence-electron chi connectivity index (χ1n) is 8.19. The van der Waals surface area contributed by atoms with Crippen LogP contribution in [-0.4, -0.2) is 25.5 Å². The van der Waals surface area contributed by atoms with Crippen LogP contribution in [-0.2, 0) is 17.9 Å². The van der Waals surface area contributed by atoms with Crippen molar-refractivity contribution in [3.8, 4) is 0 Å². The molecule has 3 aromatic rings. The second-order valence-corrected chi connectivity index (χ2v) is 7.35. The number of aromatic nitrogens is 4. The van der Waals surface area contributed by atoms with Gasteiger partial charge in [0, 0.05) is 28.9 Å². The number of carbonyl (C=O) groups is 1. The number of nitrogens with zero attached hydrogens (tertiary/aromatic N) is 4. The molecule has 0 radical (unpaired) electrons. The van der Waals surface area contributed by atoms with E-state index in [0.29, 0.717) is 30.4 Å². The van der Waals surface area contributed by atoms with E-state index < -0.39 is 0 Å². The summed E-state index contributed by atoms with van der Waals surface area (Å²) in [4.78, 5) is 12.2. The van der Waals surface area contributed by atoms with Crippen LogP contribution in [0.15, 0.2) is 41.0 Å². The zero-order chi connectivity index (χ0) is 18.7. The maximum Gasteiger partial charge on any atom is 0.227 e. The summed E-state index contributed by atoms with van der Waals surface area (Å²) in [6, 6.07) is 9.50. The third-order valence-electron chi connectivity index (χ3n) is 4.09. The van der Waals surface area contributed by atoms with Crippen molar-refractivity contribution >= 4 is 39.3 Å². The Hall–Kier alpha value is -2.12. The summed E-state index contributed by atoms with van der Waals surface area (Å²) in [5.41, 5.74) is 3.07. The van der Waals surface area contributed by atoms with E-state index in [9.17, 15) is 4.79 Å². The van der Waals surface area contributed by atoms with Gasteiger partial charge in [-0.3, -0.25) is 14.2 Å². The highest BCUT2D eigenvalue weighted by atomic mass is 79.9. The summed E-state index contributed by atoms with van der Waals surface area (Å²) in [7, 11) is 0. The molecule has 0 spiro atoms. The molecule has 2 aromatic heterocycles. The van der Waals surface area contributed by atoms with Crippen molar-refractivity contribution in [3.05, 3.63) is 63.0 Å². The zero-order valence-electron chi connectivity index (χ0n) is 14.5. The van der Waals surface area contributed by atoms with Crippen LogP contribution in [0.5, 0.6) is 0 Å². The lowest BCUT2D eigenvalue weighted by Crippen LogP contribution is -2.16. The fourth-order valence-corrected chi connectivity index (χ4v) is 2.98. The number of benzene rings is 1. The van der Waals surface area contributed by atoms with Crippen molar-refractivity contribution in [3.63, 3.8) is 0 Å². The number of halogens is 2. The Bertz CT molecular complexity index is 916. The van der Waals surface area contributed by atoms with Gasteiger partial charge in [-0.05, 0) is 47.5 Å². The standard InChI is InChI=1S/C18H19BrClN5O/c1-12-9-17(23-25(12)11-14-3-5-15(20)6-4-14)22-18(26)7-8-24-13(2)16(19)10-21-24/h3-6,9-10H,7-8,11H2,1-2H3,(H,22,23,26). The van der Waals surface area contributed by atoms with E-state index in [-0.39, 0.29) is 5.91 Å². The van der Waals surface area contributed by atoms with Gasteiger partial charge in [-0.2, -0.15) is 10.2 Å². The largest absolute Gasteiger partial charge is 0.309 e. The van der Waals surface area contributed by atoms with Gasteiger partial charge < -0.3 is 5.32 Å². The number of rotatable bonds is 6. The van der Waals surface area contributed by atoms with Crippen molar-refractivity contribution < 1.29 is 4.79 Å². The van der Waals surface area contributed by atoms with Crippen molar-refractivity contribution in [2.75, 3.05) is 5.32 Å². The molecule has 0 saturated carbocycles. The summed E-state index contributed by atoms with van der Waals surface area (Å²) >= 11 is 9.33. The number of carbonyl (C=O) groups excluding carboxylic acids is 1. The van der Waals surface area contributed by atoms with E-state index in [4.69, 9.17) is 11.6 Å². The SMILES string of the molecule is Cc1cc(NC(=O)CCn2ncc(Br)c2C)nn1Cc1ccc(Cl)cc1. The molecule has 0 saturated heterocycles. The van der Waals surface area contributed by atoms with Gasteiger partial charge in [0.1, 0.15) is 0 Å². The van der Waals surface area contributed by atoms with Gasteiger partial charge >= 0.3 is 0 Å². The van der Waals surface area contributed by atoms with Crippen molar-refractivity contribution in [1.82, 2.24) is 19.6 Å². The number of anilines is 1. The molecular weight excluding hydrogens is 418 g/mol. The molecule has 0 unspecified atom stereocenters. The monoisotopic (exact) mass is 435 g/mol. The highest BCUT2D eigenvalue weighted by molar-refractivity contribution is 9.10. The topological polar surface area (TPSA) is 64.7 Å². The molecule has 0 atom stereocenters. The van der Waals surface area contributed by atoms with Crippen LogP contribution >= 0.6 is 27.5 Å². The number of hydrogen-bond donors (Lipinski definition) is 1. The fraction of sp³-hybridized carbons (Fsp3) is 0.278. The Labute approximate surface area is 165 Å². The molecule has 6 nitrogen and oxygen atoms in total. The normalized spacial score (nSPS) is 10.9. The second kappa shape index (κ2) is 8.05. The minimum Gasteiger partial charge on any atom is -0.309 e. The van der Waals surface area contributed by atoms with Crippen LogP contribution in [0, 0.1) is 13.8 Å². The van der Waals surface area contributed by atoms with Gasteiger partial charge in [0.15, 0.2) is 5.82 Å². The molecule has 2 heterocycles. The zero-order valence-corrected chi connectivity index (χ0v) is 16.9. The molecule has 0 aliphatic carbocycles. The van der Waals surface area contributed by atoms with Gasteiger partial charge in [0.25, 0.3) is 0 Å². The number of aryl methyl sites for hydroxylation is 2. The summed E-state index contributed by atoms with van der Waals surface area (Å²) in [5.74, 6) is 0.465. The molecule has 136 valence electrons. The molecule has 0 bridgehead atoms. The van der Waals surface area contributed by atoms with E-state index in [2.05, 4.69) is 31.4 Å². The van der Waals surface area contributed by atoms with E-state index in [1.54, 1.807) is 10.9 Å². The van der Waals surface area contributed by atoms with E-state index in [1.807, 2.05) is 48.9 Å². The Kier molecular flexibility index (Phi) is 5.78.